The van der Waals surface area contributed by atoms with Crippen LogP contribution in [0.15, 0.2) is 53.4 Å². The molecule has 7 nitrogen and oxygen atoms in total. The Morgan fingerprint density at radius 3 is 2.39 bits per heavy atom. The number of benzene rings is 2. The Hall–Kier alpha value is -2.33. The molecule has 1 amide bonds. The van der Waals surface area contributed by atoms with Crippen LogP contribution in [-0.2, 0) is 19.5 Å². The molecule has 0 bridgehead atoms. The first-order valence-electron chi connectivity index (χ1n) is 12.7. The third kappa shape index (κ3) is 5.64. The Balaban J connectivity index is 1.24. The second kappa shape index (κ2) is 10.2. The van der Waals surface area contributed by atoms with Crippen molar-refractivity contribution in [1.29, 1.82) is 0 Å². The lowest BCUT2D eigenvalue weighted by Crippen LogP contribution is -2.52. The van der Waals surface area contributed by atoms with Crippen LogP contribution in [0.4, 0.5) is 4.39 Å². The summed E-state index contributed by atoms with van der Waals surface area (Å²) in [5.41, 5.74) is 1.00. The highest BCUT2D eigenvalue weighted by Gasteiger charge is 2.45. The number of ether oxygens (including phenoxy) is 2. The lowest BCUT2D eigenvalue weighted by molar-refractivity contribution is -0.190. The van der Waals surface area contributed by atoms with Gasteiger partial charge in [0, 0.05) is 44.1 Å². The van der Waals surface area contributed by atoms with Crippen LogP contribution in [0, 0.1) is 5.82 Å². The van der Waals surface area contributed by atoms with Crippen LogP contribution in [0.3, 0.4) is 0 Å². The summed E-state index contributed by atoms with van der Waals surface area (Å²) in [6, 6.07) is 12.6. The van der Waals surface area contributed by atoms with E-state index in [-0.39, 0.29) is 34.9 Å². The highest BCUT2D eigenvalue weighted by atomic mass is 32.2. The van der Waals surface area contributed by atoms with Gasteiger partial charge in [-0.25, -0.2) is 17.5 Å². The number of sulfonamides is 1. The standard InChI is InChI=1S/C27H33FN2O5S/c1-2-34-23-17-25(19-3-7-21(28)8-4-19)35-27(18-23)13-15-30(16-14-27)26(31)20-5-11-24(12-6-20)36(32,33)29-22-9-10-22/h3-8,11-12,22-23,25,29H,2,9-10,13-18H2,1H3/t23-,25-/m1/s1. The predicted molar refractivity (Wildman–Crippen MR) is 133 cm³/mol. The molecule has 194 valence electrons. The van der Waals surface area contributed by atoms with Gasteiger partial charge in [-0.15, -0.1) is 0 Å². The first kappa shape index (κ1) is 25.3. The summed E-state index contributed by atoms with van der Waals surface area (Å²) in [5.74, 6) is -0.390. The SMILES string of the molecule is CCO[C@@H]1C[C@H](c2ccc(F)cc2)OC2(CCN(C(=O)c3ccc(S(=O)(=O)NC4CC4)cc3)CC2)C1. The largest absolute Gasteiger partial charge is 0.378 e. The van der Waals surface area contributed by atoms with E-state index in [9.17, 15) is 17.6 Å². The minimum absolute atomic E-state index is 0.0314. The molecular weight excluding hydrogens is 483 g/mol. The topological polar surface area (TPSA) is 84.9 Å². The summed E-state index contributed by atoms with van der Waals surface area (Å²) >= 11 is 0. The second-order valence-corrected chi connectivity index (χ2v) is 11.8. The highest BCUT2D eigenvalue weighted by Crippen LogP contribution is 2.44. The molecule has 1 aliphatic carbocycles. The van der Waals surface area contributed by atoms with E-state index < -0.39 is 15.6 Å². The zero-order valence-electron chi connectivity index (χ0n) is 20.5. The van der Waals surface area contributed by atoms with Gasteiger partial charge >= 0.3 is 0 Å². The lowest BCUT2D eigenvalue weighted by atomic mass is 9.80. The van der Waals surface area contributed by atoms with E-state index in [0.717, 1.165) is 24.8 Å². The molecule has 9 heteroatoms. The van der Waals surface area contributed by atoms with E-state index in [1.807, 2.05) is 6.92 Å². The molecule has 3 fully saturated rings. The molecule has 1 N–H and O–H groups in total. The molecule has 2 saturated heterocycles. The van der Waals surface area contributed by atoms with Crippen LogP contribution in [-0.4, -0.2) is 56.7 Å². The quantitative estimate of drug-likeness (QED) is 0.596. The number of amides is 1. The number of halogens is 1. The van der Waals surface area contributed by atoms with E-state index in [0.29, 0.717) is 44.5 Å². The smallest absolute Gasteiger partial charge is 0.253 e. The van der Waals surface area contributed by atoms with Crippen molar-refractivity contribution in [1.82, 2.24) is 9.62 Å². The van der Waals surface area contributed by atoms with Crippen molar-refractivity contribution < 1.29 is 27.1 Å². The normalized spacial score (nSPS) is 24.1. The molecule has 2 aromatic rings. The predicted octanol–water partition coefficient (Wildman–Crippen LogP) is 4.20. The molecule has 36 heavy (non-hydrogen) atoms. The van der Waals surface area contributed by atoms with Gasteiger partial charge in [0.1, 0.15) is 5.82 Å². The van der Waals surface area contributed by atoms with Gasteiger partial charge in [-0.1, -0.05) is 12.1 Å². The molecule has 0 aromatic heterocycles. The monoisotopic (exact) mass is 516 g/mol. The summed E-state index contributed by atoms with van der Waals surface area (Å²) in [5, 5.41) is 0. The summed E-state index contributed by atoms with van der Waals surface area (Å²) in [6.07, 6.45) is 4.43. The van der Waals surface area contributed by atoms with E-state index in [1.54, 1.807) is 29.2 Å². The van der Waals surface area contributed by atoms with E-state index >= 15 is 0 Å². The van der Waals surface area contributed by atoms with Gasteiger partial charge in [-0.05, 0) is 74.6 Å². The molecule has 2 aliphatic heterocycles. The first-order chi connectivity index (χ1) is 17.3. The Morgan fingerprint density at radius 1 is 1.11 bits per heavy atom. The number of hydrogen-bond donors (Lipinski definition) is 1. The van der Waals surface area contributed by atoms with Crippen molar-refractivity contribution in [2.45, 2.75) is 74.2 Å². The Bertz CT molecular complexity index is 1170. The van der Waals surface area contributed by atoms with Gasteiger partial charge in [0.05, 0.1) is 22.7 Å². The van der Waals surface area contributed by atoms with Crippen LogP contribution >= 0.6 is 0 Å². The average molecular weight is 517 g/mol. The van der Waals surface area contributed by atoms with E-state index in [1.165, 1.54) is 24.3 Å². The fourth-order valence-electron chi connectivity index (χ4n) is 5.27. The molecule has 0 unspecified atom stereocenters. The Morgan fingerprint density at radius 2 is 1.78 bits per heavy atom. The molecule has 2 atom stereocenters. The van der Waals surface area contributed by atoms with Crippen LogP contribution in [0.5, 0.6) is 0 Å². The number of nitrogens with one attached hydrogen (secondary N) is 1. The summed E-state index contributed by atoms with van der Waals surface area (Å²) in [4.78, 5) is 15.1. The Kier molecular flexibility index (Phi) is 7.18. The van der Waals surface area contributed by atoms with E-state index in [2.05, 4.69) is 4.72 Å². The van der Waals surface area contributed by atoms with Crippen LogP contribution in [0.25, 0.3) is 0 Å². The number of nitrogens with zero attached hydrogens (tertiary/aromatic N) is 1. The van der Waals surface area contributed by atoms with Gasteiger partial charge < -0.3 is 14.4 Å². The minimum atomic E-state index is -3.55. The third-order valence-corrected chi connectivity index (χ3v) is 8.92. The molecule has 5 rings (SSSR count). The Labute approximate surface area is 212 Å². The van der Waals surface area contributed by atoms with Gasteiger partial charge in [-0.3, -0.25) is 4.79 Å². The fourth-order valence-corrected chi connectivity index (χ4v) is 6.57. The van der Waals surface area contributed by atoms with Crippen LogP contribution in [0.2, 0.25) is 0 Å². The number of carbonyl (C=O) groups is 1. The van der Waals surface area contributed by atoms with Crippen LogP contribution < -0.4 is 4.72 Å². The molecule has 2 heterocycles. The van der Waals surface area contributed by atoms with Gasteiger partial charge in [0.25, 0.3) is 5.91 Å². The summed E-state index contributed by atoms with van der Waals surface area (Å²) < 4.78 is 53.6. The van der Waals surface area contributed by atoms with Gasteiger partial charge in [0.2, 0.25) is 10.0 Å². The zero-order valence-corrected chi connectivity index (χ0v) is 21.3. The number of piperidine rings is 1. The molecule has 2 aromatic carbocycles. The maximum atomic E-state index is 13.5. The molecule has 1 saturated carbocycles. The first-order valence-corrected chi connectivity index (χ1v) is 14.2. The van der Waals surface area contributed by atoms with Crippen molar-refractivity contribution in [3.05, 3.63) is 65.5 Å². The molecular formula is C27H33FN2O5S. The maximum Gasteiger partial charge on any atom is 0.253 e. The fraction of sp³-hybridized carbons (Fsp3) is 0.519. The van der Waals surface area contributed by atoms with Crippen molar-refractivity contribution in [2.75, 3.05) is 19.7 Å². The minimum Gasteiger partial charge on any atom is -0.378 e. The maximum absolute atomic E-state index is 13.5. The van der Waals surface area contributed by atoms with Crippen molar-refractivity contribution >= 4 is 15.9 Å². The molecule has 1 spiro atoms. The number of hydrogen-bond acceptors (Lipinski definition) is 5. The van der Waals surface area contributed by atoms with Crippen molar-refractivity contribution in [2.24, 2.45) is 0 Å². The van der Waals surface area contributed by atoms with E-state index in [4.69, 9.17) is 9.47 Å². The second-order valence-electron chi connectivity index (χ2n) is 10.1. The van der Waals surface area contributed by atoms with Crippen LogP contribution in [0.1, 0.15) is 67.5 Å². The summed E-state index contributed by atoms with van der Waals surface area (Å²) in [6.45, 7) is 3.67. The lowest BCUT2D eigenvalue weighted by Gasteiger charge is -2.48. The van der Waals surface area contributed by atoms with Crippen molar-refractivity contribution in [3.63, 3.8) is 0 Å². The number of rotatable bonds is 7. The third-order valence-electron chi connectivity index (χ3n) is 7.39. The van der Waals surface area contributed by atoms with Crippen molar-refractivity contribution in [3.8, 4) is 0 Å². The summed E-state index contributed by atoms with van der Waals surface area (Å²) in [7, 11) is -3.55. The molecule has 0 radical (unpaired) electrons. The number of likely N-dealkylation sites (tertiary alicyclic amines) is 1. The van der Waals surface area contributed by atoms with Gasteiger partial charge in [0.15, 0.2) is 0 Å². The zero-order chi connectivity index (χ0) is 25.3. The van der Waals surface area contributed by atoms with Gasteiger partial charge in [-0.2, -0.15) is 0 Å². The molecule has 3 aliphatic rings. The average Bonchev–Trinajstić information content (AvgIpc) is 3.68. The highest BCUT2D eigenvalue weighted by molar-refractivity contribution is 7.89. The number of carbonyl (C=O) groups excluding carboxylic acids is 1.